The van der Waals surface area contributed by atoms with Crippen molar-refractivity contribution in [3.8, 4) is 5.75 Å². The standard InChI is InChI=1S/C24H17FN2O3S2/c25-17-9-11-19(12-10-17)27-23(29)21(32-24(27)31)14-16-5-4-8-20(13-16)30-15-22(28)26-18-6-2-1-3-7-18/h1-14H,15H2,(H,26,28)/b21-14-. The first-order valence-corrected chi connectivity index (χ1v) is 10.8. The molecule has 1 aliphatic rings. The molecule has 0 bridgehead atoms. The lowest BCUT2D eigenvalue weighted by atomic mass is 10.2. The fourth-order valence-electron chi connectivity index (χ4n) is 2.99. The SMILES string of the molecule is O=C(COc1cccc(/C=C2\SC(=S)N(c3ccc(F)cc3)C2=O)c1)Nc1ccccc1. The van der Waals surface area contributed by atoms with Gasteiger partial charge in [0, 0.05) is 5.69 Å². The molecule has 0 saturated carbocycles. The van der Waals surface area contributed by atoms with Crippen molar-refractivity contribution < 1.29 is 18.7 Å². The Morgan fingerprint density at radius 3 is 2.56 bits per heavy atom. The number of para-hydroxylation sites is 1. The Balaban J connectivity index is 1.43. The summed E-state index contributed by atoms with van der Waals surface area (Å²) in [5, 5.41) is 2.75. The van der Waals surface area contributed by atoms with E-state index in [1.165, 1.54) is 40.9 Å². The molecule has 0 atom stereocenters. The monoisotopic (exact) mass is 464 g/mol. The van der Waals surface area contributed by atoms with Crippen LogP contribution in [0.4, 0.5) is 15.8 Å². The molecule has 32 heavy (non-hydrogen) atoms. The van der Waals surface area contributed by atoms with E-state index in [4.69, 9.17) is 17.0 Å². The highest BCUT2D eigenvalue weighted by atomic mass is 32.2. The van der Waals surface area contributed by atoms with E-state index in [1.54, 1.807) is 36.4 Å². The summed E-state index contributed by atoms with van der Waals surface area (Å²) >= 11 is 6.51. The first-order chi connectivity index (χ1) is 15.5. The second kappa shape index (κ2) is 9.76. The molecule has 0 unspecified atom stereocenters. The topological polar surface area (TPSA) is 58.6 Å². The number of halogens is 1. The van der Waals surface area contributed by atoms with Gasteiger partial charge in [0.1, 0.15) is 11.6 Å². The third-order valence-electron chi connectivity index (χ3n) is 4.46. The maximum atomic E-state index is 13.2. The Hall–Kier alpha value is -3.49. The van der Waals surface area contributed by atoms with E-state index in [2.05, 4.69) is 5.32 Å². The van der Waals surface area contributed by atoms with E-state index in [-0.39, 0.29) is 24.2 Å². The Morgan fingerprint density at radius 1 is 1.06 bits per heavy atom. The van der Waals surface area contributed by atoms with Gasteiger partial charge in [0.15, 0.2) is 10.9 Å². The van der Waals surface area contributed by atoms with Gasteiger partial charge in [0.2, 0.25) is 0 Å². The summed E-state index contributed by atoms with van der Waals surface area (Å²) in [5.41, 5.74) is 1.93. The molecule has 3 aromatic rings. The van der Waals surface area contributed by atoms with E-state index in [0.29, 0.717) is 26.3 Å². The van der Waals surface area contributed by atoms with Crippen LogP contribution in [-0.2, 0) is 9.59 Å². The minimum atomic E-state index is -0.385. The van der Waals surface area contributed by atoms with Gasteiger partial charge in [-0.25, -0.2) is 4.39 Å². The summed E-state index contributed by atoms with van der Waals surface area (Å²) in [5.74, 6) is -0.443. The van der Waals surface area contributed by atoms with E-state index in [9.17, 15) is 14.0 Å². The van der Waals surface area contributed by atoms with Gasteiger partial charge in [0.05, 0.1) is 10.6 Å². The van der Waals surface area contributed by atoms with Crippen molar-refractivity contribution in [2.24, 2.45) is 0 Å². The third-order valence-corrected chi connectivity index (χ3v) is 5.76. The zero-order chi connectivity index (χ0) is 22.5. The molecule has 0 aromatic heterocycles. The zero-order valence-corrected chi connectivity index (χ0v) is 18.3. The number of thioether (sulfide) groups is 1. The van der Waals surface area contributed by atoms with Gasteiger partial charge in [-0.05, 0) is 60.2 Å². The lowest BCUT2D eigenvalue weighted by molar-refractivity contribution is -0.118. The number of ether oxygens (including phenoxy) is 1. The van der Waals surface area contributed by atoms with E-state index < -0.39 is 0 Å². The van der Waals surface area contributed by atoms with Gasteiger partial charge in [-0.2, -0.15) is 0 Å². The average Bonchev–Trinajstić information content (AvgIpc) is 3.07. The average molecular weight is 465 g/mol. The number of hydrogen-bond acceptors (Lipinski definition) is 5. The first kappa shape index (κ1) is 21.7. The van der Waals surface area contributed by atoms with Crippen LogP contribution in [0.3, 0.4) is 0 Å². The van der Waals surface area contributed by atoms with Crippen molar-refractivity contribution in [3.63, 3.8) is 0 Å². The number of amides is 2. The van der Waals surface area contributed by atoms with Crippen LogP contribution >= 0.6 is 24.0 Å². The van der Waals surface area contributed by atoms with Crippen LogP contribution in [0.1, 0.15) is 5.56 Å². The molecule has 2 amide bonds. The normalized spacial score (nSPS) is 14.7. The van der Waals surface area contributed by atoms with Crippen molar-refractivity contribution in [3.05, 3.63) is 95.1 Å². The quantitative estimate of drug-likeness (QED) is 0.399. The van der Waals surface area contributed by atoms with E-state index in [1.807, 2.05) is 24.3 Å². The Labute approximate surface area is 193 Å². The first-order valence-electron chi connectivity index (χ1n) is 9.61. The summed E-state index contributed by atoms with van der Waals surface area (Å²) in [6, 6.07) is 21.8. The molecule has 1 aliphatic heterocycles. The number of anilines is 2. The lowest BCUT2D eigenvalue weighted by Crippen LogP contribution is -2.27. The van der Waals surface area contributed by atoms with Crippen LogP contribution in [0.2, 0.25) is 0 Å². The molecule has 3 aromatic carbocycles. The fourth-order valence-corrected chi connectivity index (χ4v) is 4.29. The predicted octanol–water partition coefficient (Wildman–Crippen LogP) is 5.25. The third kappa shape index (κ3) is 5.22. The summed E-state index contributed by atoms with van der Waals surface area (Å²) in [6.07, 6.45) is 1.71. The summed E-state index contributed by atoms with van der Waals surface area (Å²) in [6.45, 7) is -0.148. The van der Waals surface area contributed by atoms with Crippen LogP contribution in [0.15, 0.2) is 83.8 Å². The highest BCUT2D eigenvalue weighted by molar-refractivity contribution is 8.27. The van der Waals surface area contributed by atoms with Crippen molar-refractivity contribution in [1.82, 2.24) is 0 Å². The van der Waals surface area contributed by atoms with Gasteiger partial charge in [-0.15, -0.1) is 0 Å². The van der Waals surface area contributed by atoms with Gasteiger partial charge in [0.25, 0.3) is 11.8 Å². The molecule has 0 aliphatic carbocycles. The molecular formula is C24H17FN2O3S2. The van der Waals surface area contributed by atoms with Gasteiger partial charge in [-0.1, -0.05) is 54.3 Å². The van der Waals surface area contributed by atoms with Crippen molar-refractivity contribution in [1.29, 1.82) is 0 Å². The van der Waals surface area contributed by atoms with Crippen LogP contribution in [0.25, 0.3) is 6.08 Å². The number of carbonyl (C=O) groups is 2. The largest absolute Gasteiger partial charge is 0.484 e. The van der Waals surface area contributed by atoms with Crippen LogP contribution in [0.5, 0.6) is 5.75 Å². The molecule has 1 heterocycles. The molecule has 0 spiro atoms. The Bertz CT molecular complexity index is 1200. The minimum absolute atomic E-state index is 0.148. The fraction of sp³-hybridized carbons (Fsp3) is 0.0417. The van der Waals surface area contributed by atoms with Gasteiger partial charge >= 0.3 is 0 Å². The summed E-state index contributed by atoms with van der Waals surface area (Å²) in [4.78, 5) is 26.7. The number of thiocarbonyl (C=S) groups is 1. The molecular weight excluding hydrogens is 447 g/mol. The predicted molar refractivity (Wildman–Crippen MR) is 129 cm³/mol. The van der Waals surface area contributed by atoms with Crippen molar-refractivity contribution >= 4 is 57.6 Å². The number of benzene rings is 3. The van der Waals surface area contributed by atoms with E-state index >= 15 is 0 Å². The smallest absolute Gasteiger partial charge is 0.270 e. The van der Waals surface area contributed by atoms with Gasteiger partial charge < -0.3 is 10.1 Å². The van der Waals surface area contributed by atoms with Crippen LogP contribution < -0.4 is 15.0 Å². The maximum absolute atomic E-state index is 13.2. The maximum Gasteiger partial charge on any atom is 0.270 e. The zero-order valence-electron chi connectivity index (χ0n) is 16.7. The number of rotatable bonds is 6. The Kier molecular flexibility index (Phi) is 6.63. The highest BCUT2D eigenvalue weighted by Crippen LogP contribution is 2.36. The molecule has 1 N–H and O–H groups in total. The van der Waals surface area contributed by atoms with Crippen molar-refractivity contribution in [2.75, 3.05) is 16.8 Å². The molecule has 1 saturated heterocycles. The molecule has 0 radical (unpaired) electrons. The number of nitrogens with zero attached hydrogens (tertiary/aromatic N) is 1. The second-order valence-corrected chi connectivity index (χ2v) is 8.44. The Morgan fingerprint density at radius 2 is 1.81 bits per heavy atom. The van der Waals surface area contributed by atoms with Gasteiger partial charge in [-0.3, -0.25) is 14.5 Å². The molecule has 5 nitrogen and oxygen atoms in total. The molecule has 8 heteroatoms. The van der Waals surface area contributed by atoms with E-state index in [0.717, 1.165) is 5.56 Å². The lowest BCUT2D eigenvalue weighted by Gasteiger charge is -2.14. The molecule has 160 valence electrons. The minimum Gasteiger partial charge on any atom is -0.484 e. The number of hydrogen-bond donors (Lipinski definition) is 1. The second-order valence-electron chi connectivity index (χ2n) is 6.77. The van der Waals surface area contributed by atoms with Crippen molar-refractivity contribution in [2.45, 2.75) is 0 Å². The highest BCUT2D eigenvalue weighted by Gasteiger charge is 2.33. The summed E-state index contributed by atoms with van der Waals surface area (Å²) < 4.78 is 19.2. The molecule has 4 rings (SSSR count). The summed E-state index contributed by atoms with van der Waals surface area (Å²) in [7, 11) is 0. The number of nitrogens with one attached hydrogen (secondary N) is 1. The van der Waals surface area contributed by atoms with Crippen LogP contribution in [0, 0.1) is 5.82 Å². The number of carbonyl (C=O) groups excluding carboxylic acids is 2. The molecule has 1 fully saturated rings. The van der Waals surface area contributed by atoms with Crippen LogP contribution in [-0.4, -0.2) is 22.7 Å².